The molecule has 0 spiro atoms. The lowest BCUT2D eigenvalue weighted by molar-refractivity contribution is 0.419. The smallest absolute Gasteiger partial charge is 0.140 e. The zero-order chi connectivity index (χ0) is 10.1. The quantitative estimate of drug-likeness (QED) is 0.720. The summed E-state index contributed by atoms with van der Waals surface area (Å²) in [7, 11) is 1.50. The first kappa shape index (κ1) is 8.97. The summed E-state index contributed by atoms with van der Waals surface area (Å²) in [6.07, 6.45) is 0. The van der Waals surface area contributed by atoms with Gasteiger partial charge in [-0.3, -0.25) is 0 Å². The van der Waals surface area contributed by atoms with Crippen LogP contribution in [-0.4, -0.2) is 7.11 Å². The van der Waals surface area contributed by atoms with Gasteiger partial charge in [0.15, 0.2) is 0 Å². The number of halogens is 1. The minimum Gasteiger partial charge on any atom is -0.495 e. The van der Waals surface area contributed by atoms with E-state index in [1.807, 2.05) is 6.07 Å². The molecule has 0 N–H and O–H groups in total. The monoisotopic (exact) mass is 207 g/mol. The number of benzene rings is 1. The summed E-state index contributed by atoms with van der Waals surface area (Å²) in [5.74, 6) is 0.115. The van der Waals surface area contributed by atoms with Crippen LogP contribution in [0.5, 0.6) is 5.75 Å². The Labute approximate surface area is 84.2 Å². The van der Waals surface area contributed by atoms with E-state index in [1.165, 1.54) is 24.5 Å². The number of fused-ring (bicyclic) bond motifs is 1. The molecule has 2 aromatic rings. The van der Waals surface area contributed by atoms with Crippen LogP contribution in [0.1, 0.15) is 5.56 Å². The van der Waals surface area contributed by atoms with Gasteiger partial charge in [-0.05, 0) is 12.1 Å². The Morgan fingerprint density at radius 1 is 1.50 bits per heavy atom. The Balaban J connectivity index is 2.80. The molecule has 4 heteroatoms. The molecule has 0 unspecified atom stereocenters. The van der Waals surface area contributed by atoms with Crippen LogP contribution in [-0.2, 0) is 0 Å². The molecule has 0 aliphatic heterocycles. The van der Waals surface area contributed by atoms with Gasteiger partial charge in [-0.25, -0.2) is 4.39 Å². The van der Waals surface area contributed by atoms with Crippen LogP contribution >= 0.6 is 11.3 Å². The maximum Gasteiger partial charge on any atom is 0.140 e. The number of nitrogens with zero attached hydrogens (tertiary/aromatic N) is 1. The molecule has 0 amide bonds. The van der Waals surface area contributed by atoms with Crippen LogP contribution in [0.3, 0.4) is 0 Å². The van der Waals surface area contributed by atoms with Gasteiger partial charge in [-0.15, -0.1) is 11.3 Å². The summed E-state index contributed by atoms with van der Waals surface area (Å²) in [5, 5.41) is 10.8. The van der Waals surface area contributed by atoms with E-state index < -0.39 is 5.82 Å². The molecular weight excluding hydrogens is 201 g/mol. The first-order valence-electron chi connectivity index (χ1n) is 3.91. The third kappa shape index (κ3) is 1.22. The number of hydrogen-bond acceptors (Lipinski definition) is 3. The second kappa shape index (κ2) is 3.28. The Morgan fingerprint density at radius 3 is 2.93 bits per heavy atom. The van der Waals surface area contributed by atoms with E-state index in [1.54, 1.807) is 11.4 Å². The zero-order valence-electron chi connectivity index (χ0n) is 7.37. The molecule has 0 radical (unpaired) electrons. The van der Waals surface area contributed by atoms with Crippen molar-refractivity contribution < 1.29 is 9.13 Å². The fourth-order valence-corrected chi connectivity index (χ4v) is 2.26. The molecule has 0 fully saturated rings. The standard InChI is InChI=1S/C10H6FNOS/c1-13-8-5-14-9-3-6(4-12)2-7(11)10(8)9/h2-3,5H,1H3. The third-order valence-electron chi connectivity index (χ3n) is 1.94. The van der Waals surface area contributed by atoms with Crippen LogP contribution in [0, 0.1) is 17.1 Å². The SMILES string of the molecule is COc1csc2cc(C#N)cc(F)c12. The van der Waals surface area contributed by atoms with Gasteiger partial charge in [-0.2, -0.15) is 5.26 Å². The highest BCUT2D eigenvalue weighted by Crippen LogP contribution is 2.34. The summed E-state index contributed by atoms with van der Waals surface area (Å²) < 4.78 is 19.2. The van der Waals surface area contributed by atoms with E-state index in [0.29, 0.717) is 16.7 Å². The highest BCUT2D eigenvalue weighted by molar-refractivity contribution is 7.17. The molecule has 0 saturated heterocycles. The van der Waals surface area contributed by atoms with Gasteiger partial charge < -0.3 is 4.74 Å². The van der Waals surface area contributed by atoms with Gasteiger partial charge in [0.2, 0.25) is 0 Å². The Hall–Kier alpha value is -1.60. The lowest BCUT2D eigenvalue weighted by Gasteiger charge is -1.98. The second-order valence-electron chi connectivity index (χ2n) is 2.75. The van der Waals surface area contributed by atoms with Gasteiger partial charge >= 0.3 is 0 Å². The van der Waals surface area contributed by atoms with Crippen molar-refractivity contribution in [2.75, 3.05) is 7.11 Å². The molecule has 0 aliphatic rings. The molecule has 0 aliphatic carbocycles. The summed E-state index contributed by atoms with van der Waals surface area (Å²) in [5.41, 5.74) is 0.333. The largest absolute Gasteiger partial charge is 0.495 e. The fourth-order valence-electron chi connectivity index (χ4n) is 1.30. The average molecular weight is 207 g/mol. The van der Waals surface area contributed by atoms with E-state index in [2.05, 4.69) is 0 Å². The van der Waals surface area contributed by atoms with E-state index in [0.717, 1.165) is 4.70 Å². The normalized spacial score (nSPS) is 10.1. The minimum atomic E-state index is -0.405. The van der Waals surface area contributed by atoms with Crippen molar-refractivity contribution in [1.29, 1.82) is 5.26 Å². The highest BCUT2D eigenvalue weighted by Gasteiger charge is 2.10. The van der Waals surface area contributed by atoms with E-state index in [4.69, 9.17) is 10.00 Å². The predicted molar refractivity (Wildman–Crippen MR) is 53.1 cm³/mol. The number of hydrogen-bond donors (Lipinski definition) is 0. The van der Waals surface area contributed by atoms with Gasteiger partial charge in [0.25, 0.3) is 0 Å². The van der Waals surface area contributed by atoms with E-state index in [9.17, 15) is 4.39 Å². The molecule has 0 saturated carbocycles. The highest BCUT2D eigenvalue weighted by atomic mass is 32.1. The Morgan fingerprint density at radius 2 is 2.29 bits per heavy atom. The number of thiophene rings is 1. The molecule has 70 valence electrons. The molecular formula is C10H6FNOS. The molecule has 0 atom stereocenters. The predicted octanol–water partition coefficient (Wildman–Crippen LogP) is 2.92. The average Bonchev–Trinajstić information content (AvgIpc) is 2.61. The van der Waals surface area contributed by atoms with Crippen LogP contribution in [0.15, 0.2) is 17.5 Å². The topological polar surface area (TPSA) is 33.0 Å². The van der Waals surface area contributed by atoms with Crippen molar-refractivity contribution in [3.8, 4) is 11.8 Å². The summed E-state index contributed by atoms with van der Waals surface area (Å²) in [6.45, 7) is 0. The summed E-state index contributed by atoms with van der Waals surface area (Å²) >= 11 is 1.37. The second-order valence-corrected chi connectivity index (χ2v) is 3.66. The van der Waals surface area contributed by atoms with E-state index in [-0.39, 0.29) is 0 Å². The Kier molecular flexibility index (Phi) is 2.10. The minimum absolute atomic E-state index is 0.333. The van der Waals surface area contributed by atoms with Crippen molar-refractivity contribution in [2.24, 2.45) is 0 Å². The third-order valence-corrected chi connectivity index (χ3v) is 2.85. The van der Waals surface area contributed by atoms with Crippen LogP contribution in [0.25, 0.3) is 10.1 Å². The molecule has 1 heterocycles. The summed E-state index contributed by atoms with van der Waals surface area (Å²) in [6, 6.07) is 4.79. The van der Waals surface area contributed by atoms with Crippen LogP contribution in [0.4, 0.5) is 4.39 Å². The summed E-state index contributed by atoms with van der Waals surface area (Å²) in [4.78, 5) is 0. The van der Waals surface area contributed by atoms with Gasteiger partial charge in [-0.1, -0.05) is 0 Å². The van der Waals surface area contributed by atoms with Crippen LogP contribution < -0.4 is 4.74 Å². The molecule has 0 bridgehead atoms. The molecule has 2 nitrogen and oxygen atoms in total. The van der Waals surface area contributed by atoms with Gasteiger partial charge in [0.05, 0.1) is 24.1 Å². The van der Waals surface area contributed by atoms with E-state index >= 15 is 0 Å². The fraction of sp³-hybridized carbons (Fsp3) is 0.100. The molecule has 1 aromatic carbocycles. The van der Waals surface area contributed by atoms with Crippen molar-refractivity contribution in [3.63, 3.8) is 0 Å². The Bertz CT molecular complexity index is 527. The van der Waals surface area contributed by atoms with Crippen molar-refractivity contribution in [2.45, 2.75) is 0 Å². The van der Waals surface area contributed by atoms with Crippen LogP contribution in [0.2, 0.25) is 0 Å². The molecule has 14 heavy (non-hydrogen) atoms. The number of rotatable bonds is 1. The number of ether oxygens (including phenoxy) is 1. The lowest BCUT2D eigenvalue weighted by atomic mass is 10.2. The molecule has 2 rings (SSSR count). The zero-order valence-corrected chi connectivity index (χ0v) is 8.19. The number of nitriles is 1. The number of methoxy groups -OCH3 is 1. The van der Waals surface area contributed by atoms with Gasteiger partial charge in [0, 0.05) is 10.1 Å². The van der Waals surface area contributed by atoms with Crippen molar-refractivity contribution in [3.05, 3.63) is 28.9 Å². The van der Waals surface area contributed by atoms with Crippen molar-refractivity contribution in [1.82, 2.24) is 0 Å². The molecule has 1 aromatic heterocycles. The van der Waals surface area contributed by atoms with Gasteiger partial charge in [0.1, 0.15) is 11.6 Å². The lowest BCUT2D eigenvalue weighted by Crippen LogP contribution is -1.84. The maximum absolute atomic E-state index is 13.5. The maximum atomic E-state index is 13.5. The first-order chi connectivity index (χ1) is 6.76. The van der Waals surface area contributed by atoms with Crippen molar-refractivity contribution >= 4 is 21.4 Å². The first-order valence-corrected chi connectivity index (χ1v) is 4.79.